The van der Waals surface area contributed by atoms with Crippen molar-refractivity contribution in [3.05, 3.63) is 59.4 Å². The van der Waals surface area contributed by atoms with Gasteiger partial charge in [-0.2, -0.15) is 4.68 Å². The smallest absolute Gasteiger partial charge is 0.234 e. The van der Waals surface area contributed by atoms with Gasteiger partial charge in [-0.1, -0.05) is 23.9 Å². The normalized spacial score (nSPS) is 10.7. The van der Waals surface area contributed by atoms with Crippen molar-refractivity contribution in [2.75, 3.05) is 11.1 Å². The molecule has 1 amide bonds. The van der Waals surface area contributed by atoms with Crippen LogP contribution in [0, 0.1) is 19.7 Å². The molecule has 128 valence electrons. The first-order valence-electron chi connectivity index (χ1n) is 7.57. The number of aromatic nitrogens is 4. The van der Waals surface area contributed by atoms with Crippen molar-refractivity contribution in [3.63, 3.8) is 0 Å². The molecule has 0 fully saturated rings. The van der Waals surface area contributed by atoms with Crippen molar-refractivity contribution >= 4 is 23.4 Å². The molecule has 3 aromatic rings. The molecule has 25 heavy (non-hydrogen) atoms. The second-order valence-electron chi connectivity index (χ2n) is 5.50. The molecule has 0 spiro atoms. The van der Waals surface area contributed by atoms with E-state index in [9.17, 15) is 9.18 Å². The first-order chi connectivity index (χ1) is 12.0. The number of benzene rings is 2. The number of carbonyl (C=O) groups is 1. The minimum Gasteiger partial charge on any atom is -0.325 e. The largest absolute Gasteiger partial charge is 0.325 e. The summed E-state index contributed by atoms with van der Waals surface area (Å²) in [4.78, 5) is 12.2. The summed E-state index contributed by atoms with van der Waals surface area (Å²) in [7, 11) is 0. The third-order valence-electron chi connectivity index (χ3n) is 3.51. The Morgan fingerprint density at radius 3 is 2.72 bits per heavy atom. The topological polar surface area (TPSA) is 72.7 Å². The second-order valence-corrected chi connectivity index (χ2v) is 6.45. The van der Waals surface area contributed by atoms with Crippen LogP contribution in [0.15, 0.2) is 47.6 Å². The molecule has 8 heteroatoms. The lowest BCUT2D eigenvalue weighted by Crippen LogP contribution is -2.15. The highest BCUT2D eigenvalue weighted by Crippen LogP contribution is 2.20. The number of hydrogen-bond acceptors (Lipinski definition) is 5. The minimum absolute atomic E-state index is 0.146. The molecule has 0 bridgehead atoms. The number of hydrogen-bond donors (Lipinski definition) is 1. The van der Waals surface area contributed by atoms with Crippen molar-refractivity contribution < 1.29 is 9.18 Å². The van der Waals surface area contributed by atoms with E-state index in [-0.39, 0.29) is 17.5 Å². The molecular weight excluding hydrogens is 341 g/mol. The van der Waals surface area contributed by atoms with Gasteiger partial charge in [-0.25, -0.2) is 4.39 Å². The fraction of sp³-hybridized carbons (Fsp3) is 0.176. The van der Waals surface area contributed by atoms with Crippen LogP contribution in [0.2, 0.25) is 0 Å². The molecule has 0 aliphatic rings. The Morgan fingerprint density at radius 2 is 1.96 bits per heavy atom. The van der Waals surface area contributed by atoms with Gasteiger partial charge in [0.15, 0.2) is 0 Å². The van der Waals surface area contributed by atoms with Gasteiger partial charge in [-0.05, 0) is 65.7 Å². The molecule has 1 aromatic heterocycles. The van der Waals surface area contributed by atoms with Crippen LogP contribution in [0.3, 0.4) is 0 Å². The average Bonchev–Trinajstić information content (AvgIpc) is 3.05. The molecule has 3 rings (SSSR count). The maximum absolute atomic E-state index is 13.0. The van der Waals surface area contributed by atoms with Gasteiger partial charge in [0.25, 0.3) is 0 Å². The lowest BCUT2D eigenvalue weighted by atomic mass is 10.1. The zero-order chi connectivity index (χ0) is 17.8. The van der Waals surface area contributed by atoms with Gasteiger partial charge in [0.05, 0.1) is 11.4 Å². The van der Waals surface area contributed by atoms with E-state index in [1.807, 2.05) is 32.0 Å². The van der Waals surface area contributed by atoms with Gasteiger partial charge >= 0.3 is 0 Å². The van der Waals surface area contributed by atoms with Gasteiger partial charge in [0, 0.05) is 5.69 Å². The summed E-state index contributed by atoms with van der Waals surface area (Å²) in [5.41, 5.74) is 3.50. The Hall–Kier alpha value is -2.74. The van der Waals surface area contributed by atoms with E-state index >= 15 is 0 Å². The fourth-order valence-corrected chi connectivity index (χ4v) is 2.89. The SMILES string of the molecule is Cc1ccc(C)c(NC(=O)CSc2nnnn2-c2ccc(F)cc2)c1. The van der Waals surface area contributed by atoms with Crippen molar-refractivity contribution in [3.8, 4) is 5.69 Å². The quantitative estimate of drug-likeness (QED) is 0.710. The monoisotopic (exact) mass is 357 g/mol. The van der Waals surface area contributed by atoms with E-state index in [1.165, 1.54) is 28.6 Å². The Morgan fingerprint density at radius 1 is 1.20 bits per heavy atom. The van der Waals surface area contributed by atoms with Gasteiger partial charge in [-0.3, -0.25) is 4.79 Å². The van der Waals surface area contributed by atoms with Crippen LogP contribution in [0.5, 0.6) is 0 Å². The van der Waals surface area contributed by atoms with E-state index in [1.54, 1.807) is 12.1 Å². The highest BCUT2D eigenvalue weighted by Gasteiger charge is 2.12. The van der Waals surface area contributed by atoms with Gasteiger partial charge in [0.1, 0.15) is 5.82 Å². The number of carbonyl (C=O) groups excluding carboxylic acids is 1. The average molecular weight is 357 g/mol. The maximum Gasteiger partial charge on any atom is 0.234 e. The number of anilines is 1. The predicted molar refractivity (Wildman–Crippen MR) is 94.4 cm³/mol. The molecule has 0 radical (unpaired) electrons. The van der Waals surface area contributed by atoms with Crippen LogP contribution >= 0.6 is 11.8 Å². The van der Waals surface area contributed by atoms with Gasteiger partial charge in [0.2, 0.25) is 11.1 Å². The number of nitrogens with zero attached hydrogens (tertiary/aromatic N) is 4. The molecule has 1 N–H and O–H groups in total. The fourth-order valence-electron chi connectivity index (χ4n) is 2.20. The summed E-state index contributed by atoms with van der Waals surface area (Å²) in [5, 5.41) is 14.8. The number of rotatable bonds is 5. The standard InChI is InChI=1S/C17H16FN5OS/c1-11-3-4-12(2)15(9-11)19-16(24)10-25-17-20-21-22-23(17)14-7-5-13(18)6-8-14/h3-9H,10H2,1-2H3,(H,19,24). The van der Waals surface area contributed by atoms with Crippen LogP contribution < -0.4 is 5.32 Å². The lowest BCUT2D eigenvalue weighted by Gasteiger charge is -2.09. The van der Waals surface area contributed by atoms with Crippen molar-refractivity contribution in [2.24, 2.45) is 0 Å². The number of amides is 1. The molecule has 0 atom stereocenters. The van der Waals surface area contributed by atoms with E-state index < -0.39 is 0 Å². The molecule has 0 unspecified atom stereocenters. The number of nitrogens with one attached hydrogen (secondary N) is 1. The van der Waals surface area contributed by atoms with E-state index in [0.29, 0.717) is 10.8 Å². The van der Waals surface area contributed by atoms with Crippen molar-refractivity contribution in [1.29, 1.82) is 0 Å². The molecule has 0 aliphatic carbocycles. The summed E-state index contributed by atoms with van der Waals surface area (Å²) in [6, 6.07) is 11.7. The van der Waals surface area contributed by atoms with Crippen LogP contribution in [0.4, 0.5) is 10.1 Å². The Labute approximate surface area is 148 Å². The molecule has 6 nitrogen and oxygen atoms in total. The summed E-state index contributed by atoms with van der Waals surface area (Å²) in [6.45, 7) is 3.91. The zero-order valence-electron chi connectivity index (χ0n) is 13.7. The van der Waals surface area contributed by atoms with Gasteiger partial charge in [-0.15, -0.1) is 5.10 Å². The summed E-state index contributed by atoms with van der Waals surface area (Å²) >= 11 is 1.21. The Bertz CT molecular complexity index is 894. The third kappa shape index (κ3) is 4.21. The first kappa shape index (κ1) is 17.1. The van der Waals surface area contributed by atoms with Crippen molar-refractivity contribution in [2.45, 2.75) is 19.0 Å². The molecule has 1 heterocycles. The summed E-state index contributed by atoms with van der Waals surface area (Å²) in [5.74, 6) is -0.319. The zero-order valence-corrected chi connectivity index (χ0v) is 14.5. The van der Waals surface area contributed by atoms with E-state index in [0.717, 1.165) is 16.8 Å². The van der Waals surface area contributed by atoms with Crippen LogP contribution in [-0.4, -0.2) is 31.9 Å². The number of aryl methyl sites for hydroxylation is 2. The van der Waals surface area contributed by atoms with Crippen LogP contribution in [0.25, 0.3) is 5.69 Å². The Balaban J connectivity index is 1.66. The molecule has 0 saturated carbocycles. The molecule has 0 saturated heterocycles. The molecule has 2 aromatic carbocycles. The van der Waals surface area contributed by atoms with Crippen molar-refractivity contribution in [1.82, 2.24) is 20.2 Å². The van der Waals surface area contributed by atoms with E-state index in [4.69, 9.17) is 0 Å². The highest BCUT2D eigenvalue weighted by atomic mass is 32.2. The molecule has 0 aliphatic heterocycles. The maximum atomic E-state index is 13.0. The first-order valence-corrected chi connectivity index (χ1v) is 8.56. The second kappa shape index (κ2) is 7.43. The number of thioether (sulfide) groups is 1. The minimum atomic E-state index is -0.334. The summed E-state index contributed by atoms with van der Waals surface area (Å²) in [6.07, 6.45) is 0. The molecular formula is C17H16FN5OS. The van der Waals surface area contributed by atoms with Crippen LogP contribution in [0.1, 0.15) is 11.1 Å². The summed E-state index contributed by atoms with van der Waals surface area (Å²) < 4.78 is 14.5. The predicted octanol–water partition coefficient (Wildman–Crippen LogP) is 3.15. The number of tetrazole rings is 1. The van der Waals surface area contributed by atoms with E-state index in [2.05, 4.69) is 20.8 Å². The number of halogens is 1. The van der Waals surface area contributed by atoms with Crippen LogP contribution in [-0.2, 0) is 4.79 Å². The highest BCUT2D eigenvalue weighted by molar-refractivity contribution is 7.99. The lowest BCUT2D eigenvalue weighted by molar-refractivity contribution is -0.113. The van der Waals surface area contributed by atoms with Gasteiger partial charge < -0.3 is 5.32 Å². The Kier molecular flexibility index (Phi) is 5.08. The third-order valence-corrected chi connectivity index (χ3v) is 4.43.